The summed E-state index contributed by atoms with van der Waals surface area (Å²) in [6.07, 6.45) is -0.559. The highest BCUT2D eigenvalue weighted by molar-refractivity contribution is 7.47. The number of ether oxygens (including phenoxy) is 2. The average molecular weight is 462 g/mol. The number of rotatable bonds is 17. The van der Waals surface area contributed by atoms with E-state index in [-0.39, 0.29) is 26.2 Å². The van der Waals surface area contributed by atoms with Gasteiger partial charge in [-0.05, 0) is 19.3 Å². The molecule has 0 amide bonds. The smallest absolute Gasteiger partial charge is 0.463 e. The van der Waals surface area contributed by atoms with E-state index in [1.54, 1.807) is 6.92 Å². The zero-order valence-corrected chi connectivity index (χ0v) is 20.0. The third-order valence-electron chi connectivity index (χ3n) is 4.54. The van der Waals surface area contributed by atoms with Crippen molar-refractivity contribution >= 4 is 13.8 Å². The van der Waals surface area contributed by atoms with Crippen LogP contribution in [0.3, 0.4) is 0 Å². The van der Waals surface area contributed by atoms with Crippen LogP contribution in [0.5, 0.6) is 0 Å². The van der Waals surface area contributed by atoms with E-state index in [2.05, 4.69) is 0 Å². The summed E-state index contributed by atoms with van der Waals surface area (Å²) in [7, 11) is 1.53. The van der Waals surface area contributed by atoms with E-state index in [1.807, 2.05) is 35.0 Å². The second-order valence-electron chi connectivity index (χ2n) is 8.41. The number of hydrogen-bond donors (Lipinski definition) is 1. The van der Waals surface area contributed by atoms with Crippen molar-refractivity contribution in [1.82, 2.24) is 0 Å². The highest BCUT2D eigenvalue weighted by atomic mass is 31.2. The molecule has 0 aromatic carbocycles. The maximum Gasteiger partial charge on any atom is 0.472 e. The molecule has 0 radical (unpaired) electrons. The molecule has 0 spiro atoms. The number of phosphoric acid groups is 1. The van der Waals surface area contributed by atoms with Crippen molar-refractivity contribution in [3.05, 3.63) is 0 Å². The number of carbonyl (C=O) groups is 1. The number of phosphoric ester groups is 1. The minimum Gasteiger partial charge on any atom is -0.463 e. The van der Waals surface area contributed by atoms with Gasteiger partial charge in [-0.3, -0.25) is 13.8 Å². The molecule has 0 aliphatic heterocycles. The molecule has 0 saturated carbocycles. The lowest BCUT2D eigenvalue weighted by molar-refractivity contribution is -0.870. The summed E-state index contributed by atoms with van der Waals surface area (Å²) in [6, 6.07) is 0. The van der Waals surface area contributed by atoms with E-state index < -0.39 is 38.3 Å². The molecule has 1 N–H and O–H groups in total. The van der Waals surface area contributed by atoms with Crippen molar-refractivity contribution in [1.29, 1.82) is 0 Å². The Hall–Kier alpha value is -0.640. The summed E-state index contributed by atoms with van der Waals surface area (Å²) in [5.41, 5.74) is -0.819. The molecular formula is C19H39F2NO7P+. The minimum atomic E-state index is -4.22. The van der Waals surface area contributed by atoms with Crippen LogP contribution in [-0.4, -0.2) is 81.5 Å². The molecule has 0 aromatic heterocycles. The molecule has 3 atom stereocenters. The maximum absolute atomic E-state index is 12.6. The van der Waals surface area contributed by atoms with Gasteiger partial charge in [0.1, 0.15) is 26.4 Å². The highest BCUT2D eigenvalue weighted by Gasteiger charge is 2.34. The molecule has 0 bridgehead atoms. The molecule has 3 unspecified atom stereocenters. The van der Waals surface area contributed by atoms with Crippen molar-refractivity contribution in [3.8, 4) is 0 Å². The van der Waals surface area contributed by atoms with Gasteiger partial charge in [-0.25, -0.2) is 13.3 Å². The molecule has 0 heterocycles. The van der Waals surface area contributed by atoms with Gasteiger partial charge in [0, 0.05) is 0 Å². The van der Waals surface area contributed by atoms with Crippen molar-refractivity contribution in [2.24, 2.45) is 5.92 Å². The second kappa shape index (κ2) is 13.7. The quantitative estimate of drug-likeness (QED) is 0.153. The van der Waals surface area contributed by atoms with Crippen LogP contribution in [-0.2, 0) is 27.9 Å². The van der Waals surface area contributed by atoms with Gasteiger partial charge in [0.25, 0.3) is 6.43 Å². The standard InChI is InChI=1S/C19H38F2NO7P/c1-7-9-19(8-2,27-15-17(20)21)14-16(3)18(23)26-12-13-29-30(24,25)28-11-10-22(4,5)6/h16-17H,7-15H2,1-6H3/p+1. The maximum atomic E-state index is 12.6. The summed E-state index contributed by atoms with van der Waals surface area (Å²) in [4.78, 5) is 21.9. The Morgan fingerprint density at radius 2 is 1.73 bits per heavy atom. The minimum absolute atomic E-state index is 0.0449. The number of alkyl halides is 2. The topological polar surface area (TPSA) is 91.3 Å². The van der Waals surface area contributed by atoms with Crippen LogP contribution < -0.4 is 0 Å². The third kappa shape index (κ3) is 13.6. The zero-order chi connectivity index (χ0) is 23.4. The monoisotopic (exact) mass is 462 g/mol. The van der Waals surface area contributed by atoms with Crippen molar-refractivity contribution in [2.45, 2.75) is 58.5 Å². The van der Waals surface area contributed by atoms with Gasteiger partial charge >= 0.3 is 13.8 Å². The fourth-order valence-electron chi connectivity index (χ4n) is 2.90. The number of quaternary nitrogens is 1. The summed E-state index contributed by atoms with van der Waals surface area (Å²) < 4.78 is 57.8. The molecule has 0 rings (SSSR count). The van der Waals surface area contributed by atoms with E-state index in [4.69, 9.17) is 18.5 Å². The second-order valence-corrected chi connectivity index (χ2v) is 9.86. The Labute approximate surface area is 179 Å². The van der Waals surface area contributed by atoms with Crippen LogP contribution in [0.1, 0.15) is 46.5 Å². The van der Waals surface area contributed by atoms with Gasteiger partial charge in [0.05, 0.1) is 39.3 Å². The van der Waals surface area contributed by atoms with Gasteiger partial charge in [-0.1, -0.05) is 27.2 Å². The Kier molecular flexibility index (Phi) is 13.4. The fraction of sp³-hybridized carbons (Fsp3) is 0.947. The first kappa shape index (κ1) is 29.4. The van der Waals surface area contributed by atoms with Gasteiger partial charge < -0.3 is 18.9 Å². The Bertz CT molecular complexity index is 545. The number of carbonyl (C=O) groups excluding carboxylic acids is 1. The summed E-state index contributed by atoms with van der Waals surface area (Å²) in [6.45, 7) is 4.76. The molecule has 0 saturated heterocycles. The Morgan fingerprint density at radius 3 is 2.23 bits per heavy atom. The van der Waals surface area contributed by atoms with E-state index in [9.17, 15) is 23.0 Å². The average Bonchev–Trinajstić information content (AvgIpc) is 2.61. The largest absolute Gasteiger partial charge is 0.472 e. The first-order valence-corrected chi connectivity index (χ1v) is 11.8. The van der Waals surface area contributed by atoms with Gasteiger partial charge in [-0.2, -0.15) is 0 Å². The van der Waals surface area contributed by atoms with Crippen LogP contribution in [0.4, 0.5) is 8.78 Å². The first-order valence-electron chi connectivity index (χ1n) is 10.3. The lowest BCUT2D eigenvalue weighted by atomic mass is 9.85. The molecule has 0 aliphatic carbocycles. The molecule has 0 fully saturated rings. The van der Waals surface area contributed by atoms with E-state index in [0.717, 1.165) is 6.42 Å². The molecule has 0 aliphatic rings. The summed E-state index contributed by atoms with van der Waals surface area (Å²) in [5.74, 6) is -1.14. The SMILES string of the molecule is CCCC(CC)(CC(C)C(=O)OCCOP(=O)(O)OCC[N+](C)(C)C)OCC(F)F. The third-order valence-corrected chi connectivity index (χ3v) is 5.56. The number of nitrogens with zero attached hydrogens (tertiary/aromatic N) is 1. The number of likely N-dealkylation sites (N-methyl/N-ethyl adjacent to an activating group) is 1. The Balaban J connectivity index is 4.46. The normalized spacial score (nSPS) is 17.4. The highest BCUT2D eigenvalue weighted by Crippen LogP contribution is 2.42. The molecule has 8 nitrogen and oxygen atoms in total. The number of hydrogen-bond acceptors (Lipinski definition) is 6. The fourth-order valence-corrected chi connectivity index (χ4v) is 3.59. The van der Waals surface area contributed by atoms with Gasteiger partial charge in [-0.15, -0.1) is 0 Å². The molecule has 30 heavy (non-hydrogen) atoms. The van der Waals surface area contributed by atoms with Crippen molar-refractivity contribution < 1.29 is 46.0 Å². The van der Waals surface area contributed by atoms with Crippen molar-refractivity contribution in [2.75, 3.05) is 54.1 Å². The first-order chi connectivity index (χ1) is 13.8. The van der Waals surface area contributed by atoms with Crippen LogP contribution in [0.15, 0.2) is 0 Å². The predicted molar refractivity (Wildman–Crippen MR) is 109 cm³/mol. The lowest BCUT2D eigenvalue weighted by Crippen LogP contribution is -2.37. The van der Waals surface area contributed by atoms with Crippen LogP contribution in [0, 0.1) is 5.92 Å². The van der Waals surface area contributed by atoms with E-state index in [0.29, 0.717) is 23.9 Å². The number of halogens is 2. The molecule has 0 aromatic rings. The van der Waals surface area contributed by atoms with Gasteiger partial charge in [0.2, 0.25) is 0 Å². The molecule has 11 heteroatoms. The number of esters is 1. The Morgan fingerprint density at radius 1 is 1.13 bits per heavy atom. The summed E-state index contributed by atoms with van der Waals surface area (Å²) >= 11 is 0. The van der Waals surface area contributed by atoms with Crippen LogP contribution >= 0.6 is 7.82 Å². The predicted octanol–water partition coefficient (Wildman–Crippen LogP) is 3.63. The van der Waals surface area contributed by atoms with Crippen LogP contribution in [0.2, 0.25) is 0 Å². The lowest BCUT2D eigenvalue weighted by Gasteiger charge is -2.34. The van der Waals surface area contributed by atoms with Gasteiger partial charge in [0.15, 0.2) is 0 Å². The van der Waals surface area contributed by atoms with E-state index in [1.165, 1.54) is 0 Å². The van der Waals surface area contributed by atoms with Crippen molar-refractivity contribution in [3.63, 3.8) is 0 Å². The van der Waals surface area contributed by atoms with E-state index >= 15 is 0 Å². The summed E-state index contributed by atoms with van der Waals surface area (Å²) in [5, 5.41) is 0. The zero-order valence-electron chi connectivity index (χ0n) is 19.1. The van der Waals surface area contributed by atoms with Crippen LogP contribution in [0.25, 0.3) is 0 Å². The molecular weight excluding hydrogens is 423 g/mol. The molecule has 180 valence electrons.